The second-order valence-electron chi connectivity index (χ2n) is 5.15. The van der Waals surface area contributed by atoms with Gasteiger partial charge in [0, 0.05) is 6.54 Å². The van der Waals surface area contributed by atoms with Crippen LogP contribution in [0, 0.1) is 0 Å². The van der Waals surface area contributed by atoms with Crippen LogP contribution in [0.25, 0.3) is 0 Å². The molecule has 2 aliphatic heterocycles. The Morgan fingerprint density at radius 1 is 1.21 bits per heavy atom. The maximum atomic E-state index is 12.6. The third kappa shape index (κ3) is 3.65. The van der Waals surface area contributed by atoms with Crippen LogP contribution in [0.4, 0.5) is 0 Å². The van der Waals surface area contributed by atoms with Crippen molar-refractivity contribution in [2.24, 2.45) is 0 Å². The van der Waals surface area contributed by atoms with Crippen molar-refractivity contribution in [2.75, 3.05) is 18.9 Å². The van der Waals surface area contributed by atoms with Crippen LogP contribution in [0.5, 0.6) is 0 Å². The Hall–Kier alpha value is -0.710. The molecule has 2 atom stereocenters. The van der Waals surface area contributed by atoms with Gasteiger partial charge in [-0.3, -0.25) is 4.79 Å². The monoisotopic (exact) mass is 285 g/mol. The highest BCUT2D eigenvalue weighted by atomic mass is 32.2. The molecule has 19 heavy (non-hydrogen) atoms. The molecule has 1 amide bonds. The third-order valence-corrected chi connectivity index (χ3v) is 5.16. The molecule has 2 fully saturated rings. The van der Waals surface area contributed by atoms with Gasteiger partial charge in [-0.25, -0.2) is 4.79 Å². The van der Waals surface area contributed by atoms with Crippen molar-refractivity contribution in [3.63, 3.8) is 0 Å². The van der Waals surface area contributed by atoms with Crippen LogP contribution in [0.15, 0.2) is 0 Å². The summed E-state index contributed by atoms with van der Waals surface area (Å²) in [5.41, 5.74) is 0. The number of carbonyl (C=O) groups excluding carboxylic acids is 2. The summed E-state index contributed by atoms with van der Waals surface area (Å²) in [7, 11) is 0. The molecule has 2 rings (SSSR count). The van der Waals surface area contributed by atoms with Crippen LogP contribution < -0.4 is 0 Å². The van der Waals surface area contributed by atoms with Crippen molar-refractivity contribution in [2.45, 2.75) is 56.7 Å². The molecule has 0 radical (unpaired) electrons. The second-order valence-corrected chi connectivity index (χ2v) is 6.46. The SMILES string of the molecule is CCOC(=O)C1CCCCN1C(=O)C1CCCCS1. The Morgan fingerprint density at radius 2 is 2.00 bits per heavy atom. The molecule has 0 aromatic heterocycles. The molecule has 0 saturated carbocycles. The van der Waals surface area contributed by atoms with Gasteiger partial charge in [-0.2, -0.15) is 0 Å². The molecule has 0 spiro atoms. The summed E-state index contributed by atoms with van der Waals surface area (Å²) in [6, 6.07) is -0.344. The van der Waals surface area contributed by atoms with E-state index in [-0.39, 0.29) is 23.2 Å². The van der Waals surface area contributed by atoms with Gasteiger partial charge in [-0.15, -0.1) is 11.8 Å². The van der Waals surface area contributed by atoms with E-state index in [4.69, 9.17) is 4.74 Å². The van der Waals surface area contributed by atoms with E-state index in [0.29, 0.717) is 13.2 Å². The third-order valence-electron chi connectivity index (χ3n) is 3.80. The number of rotatable bonds is 3. The van der Waals surface area contributed by atoms with E-state index in [9.17, 15) is 9.59 Å². The summed E-state index contributed by atoms with van der Waals surface area (Å²) in [6.45, 7) is 2.90. The molecule has 0 N–H and O–H groups in total. The Bertz CT molecular complexity index is 329. The largest absolute Gasteiger partial charge is 0.464 e. The Balaban J connectivity index is 2.01. The van der Waals surface area contributed by atoms with Gasteiger partial charge in [-0.05, 0) is 44.8 Å². The van der Waals surface area contributed by atoms with Crippen molar-refractivity contribution in [1.82, 2.24) is 4.90 Å². The molecule has 0 aromatic carbocycles. The molecule has 0 bridgehead atoms. The van der Waals surface area contributed by atoms with E-state index in [1.165, 1.54) is 6.42 Å². The summed E-state index contributed by atoms with van der Waals surface area (Å²) >= 11 is 1.75. The van der Waals surface area contributed by atoms with Crippen LogP contribution in [-0.2, 0) is 14.3 Å². The molecule has 0 aromatic rings. The number of thioether (sulfide) groups is 1. The molecule has 4 nitrogen and oxygen atoms in total. The lowest BCUT2D eigenvalue weighted by atomic mass is 10.0. The van der Waals surface area contributed by atoms with Gasteiger partial charge < -0.3 is 9.64 Å². The van der Waals surface area contributed by atoms with Gasteiger partial charge in [0.05, 0.1) is 11.9 Å². The van der Waals surface area contributed by atoms with Gasteiger partial charge in [0.25, 0.3) is 0 Å². The van der Waals surface area contributed by atoms with Crippen molar-refractivity contribution in [3.05, 3.63) is 0 Å². The standard InChI is InChI=1S/C14H23NO3S/c1-2-18-14(17)11-7-3-5-9-15(11)13(16)12-8-4-6-10-19-12/h11-12H,2-10H2,1H3. The van der Waals surface area contributed by atoms with Gasteiger partial charge in [0.2, 0.25) is 5.91 Å². The second kappa shape index (κ2) is 7.17. The lowest BCUT2D eigenvalue weighted by Gasteiger charge is -2.36. The van der Waals surface area contributed by atoms with E-state index < -0.39 is 0 Å². The number of nitrogens with zero attached hydrogens (tertiary/aromatic N) is 1. The minimum Gasteiger partial charge on any atom is -0.464 e. The van der Waals surface area contributed by atoms with Gasteiger partial charge in [0.1, 0.15) is 6.04 Å². The minimum absolute atomic E-state index is 0.0591. The quantitative estimate of drug-likeness (QED) is 0.746. The van der Waals surface area contributed by atoms with Crippen molar-refractivity contribution >= 4 is 23.6 Å². The summed E-state index contributed by atoms with van der Waals surface area (Å²) in [4.78, 5) is 26.3. The number of amides is 1. The Labute approximate surface area is 119 Å². The first kappa shape index (κ1) is 14.7. The number of esters is 1. The maximum absolute atomic E-state index is 12.6. The van der Waals surface area contributed by atoms with E-state index in [1.807, 2.05) is 6.92 Å². The van der Waals surface area contributed by atoms with Crippen molar-refractivity contribution in [1.29, 1.82) is 0 Å². The average Bonchev–Trinajstić information content (AvgIpc) is 2.47. The first-order valence-corrected chi connectivity index (χ1v) is 8.37. The summed E-state index contributed by atoms with van der Waals surface area (Å²) in [5, 5.41) is 0.0591. The van der Waals surface area contributed by atoms with Crippen molar-refractivity contribution in [3.8, 4) is 0 Å². The van der Waals surface area contributed by atoms with Gasteiger partial charge in [-0.1, -0.05) is 6.42 Å². The first-order valence-electron chi connectivity index (χ1n) is 7.32. The topological polar surface area (TPSA) is 46.6 Å². The zero-order valence-corrected chi connectivity index (χ0v) is 12.4. The first-order chi connectivity index (χ1) is 9.24. The Kier molecular flexibility index (Phi) is 5.55. The number of carbonyl (C=O) groups is 2. The van der Waals surface area contributed by atoms with Gasteiger partial charge in [0.15, 0.2) is 0 Å². The zero-order valence-electron chi connectivity index (χ0n) is 11.6. The minimum atomic E-state index is -0.344. The fourth-order valence-corrected chi connectivity index (χ4v) is 4.07. The number of piperidine rings is 1. The molecule has 2 saturated heterocycles. The van der Waals surface area contributed by atoms with E-state index in [1.54, 1.807) is 16.7 Å². The van der Waals surface area contributed by atoms with E-state index in [2.05, 4.69) is 0 Å². The smallest absolute Gasteiger partial charge is 0.328 e. The van der Waals surface area contributed by atoms with Crippen LogP contribution in [0.3, 0.4) is 0 Å². The van der Waals surface area contributed by atoms with Crippen LogP contribution in [0.2, 0.25) is 0 Å². The van der Waals surface area contributed by atoms with Crippen LogP contribution in [-0.4, -0.2) is 47.0 Å². The number of hydrogen-bond donors (Lipinski definition) is 0. The highest BCUT2D eigenvalue weighted by Gasteiger charge is 2.36. The molecule has 2 aliphatic rings. The lowest BCUT2D eigenvalue weighted by molar-refractivity contribution is -0.156. The molecule has 0 aliphatic carbocycles. The van der Waals surface area contributed by atoms with Crippen molar-refractivity contribution < 1.29 is 14.3 Å². The highest BCUT2D eigenvalue weighted by molar-refractivity contribution is 8.00. The highest BCUT2D eigenvalue weighted by Crippen LogP contribution is 2.29. The molecular formula is C14H23NO3S. The van der Waals surface area contributed by atoms with E-state index in [0.717, 1.165) is 37.9 Å². The molecule has 2 heterocycles. The Morgan fingerprint density at radius 3 is 2.68 bits per heavy atom. The molecule has 5 heteroatoms. The van der Waals surface area contributed by atoms with Gasteiger partial charge >= 0.3 is 5.97 Å². The number of likely N-dealkylation sites (tertiary alicyclic amines) is 1. The summed E-state index contributed by atoms with van der Waals surface area (Å²) < 4.78 is 5.11. The number of ether oxygens (including phenoxy) is 1. The lowest BCUT2D eigenvalue weighted by Crippen LogP contribution is -2.51. The summed E-state index contributed by atoms with van der Waals surface area (Å²) in [6.07, 6.45) is 6.04. The zero-order chi connectivity index (χ0) is 13.7. The predicted molar refractivity (Wildman–Crippen MR) is 76.1 cm³/mol. The fourth-order valence-electron chi connectivity index (χ4n) is 2.80. The molecule has 2 unspecified atom stereocenters. The number of hydrogen-bond acceptors (Lipinski definition) is 4. The van der Waals surface area contributed by atoms with Crippen LogP contribution >= 0.6 is 11.8 Å². The normalized spacial score (nSPS) is 27.9. The molecular weight excluding hydrogens is 262 g/mol. The predicted octanol–water partition coefficient (Wildman–Crippen LogP) is 2.22. The van der Waals surface area contributed by atoms with E-state index >= 15 is 0 Å². The maximum Gasteiger partial charge on any atom is 0.328 e. The molecule has 108 valence electrons. The fraction of sp³-hybridized carbons (Fsp3) is 0.857. The summed E-state index contributed by atoms with van der Waals surface area (Å²) in [5.74, 6) is 0.993. The average molecular weight is 285 g/mol. The van der Waals surface area contributed by atoms with Crippen LogP contribution in [0.1, 0.15) is 45.4 Å².